The number of carbonyl (C=O) groups is 1. The number of anilines is 3. The fraction of sp³-hybridized carbons (Fsp3) is 0.414. The number of carbonyl (C=O) groups excluding carboxylic acids is 1. The number of amides is 1. The number of rotatable bonds is 6. The quantitative estimate of drug-likeness (QED) is 0.376. The van der Waals surface area contributed by atoms with Crippen LogP contribution in [-0.4, -0.2) is 80.5 Å². The van der Waals surface area contributed by atoms with Crippen LogP contribution in [0, 0.1) is 6.92 Å². The van der Waals surface area contributed by atoms with Gasteiger partial charge in [-0.3, -0.25) is 9.69 Å². The highest BCUT2D eigenvalue weighted by Gasteiger charge is 2.43. The van der Waals surface area contributed by atoms with Gasteiger partial charge < -0.3 is 15.1 Å². The molecule has 6 heterocycles. The summed E-state index contributed by atoms with van der Waals surface area (Å²) in [5, 5.41) is 4.26. The van der Waals surface area contributed by atoms with E-state index in [-0.39, 0.29) is 5.91 Å². The van der Waals surface area contributed by atoms with E-state index < -0.39 is 0 Å². The molecule has 0 radical (unpaired) electrons. The third kappa shape index (κ3) is 4.61. The summed E-state index contributed by atoms with van der Waals surface area (Å²) in [4.78, 5) is 38.9. The molecular weight excluding hydrogens is 508 g/mol. The first kappa shape index (κ1) is 24.4. The van der Waals surface area contributed by atoms with Crippen molar-refractivity contribution in [2.24, 2.45) is 0 Å². The molecule has 39 heavy (non-hydrogen) atoms. The fourth-order valence-corrected chi connectivity index (χ4v) is 7.08. The monoisotopic (exact) mass is 540 g/mol. The van der Waals surface area contributed by atoms with E-state index >= 15 is 0 Å². The molecule has 7 rings (SSSR count). The van der Waals surface area contributed by atoms with Gasteiger partial charge in [0, 0.05) is 73.4 Å². The number of aromatic nitrogens is 4. The normalized spacial score (nSPS) is 20.9. The van der Waals surface area contributed by atoms with Crippen LogP contribution in [0.4, 0.5) is 17.6 Å². The smallest absolute Gasteiger partial charge is 0.253 e. The molecule has 0 saturated carbocycles. The molecule has 1 N–H and O–H groups in total. The number of hydrogen-bond donors (Lipinski definition) is 1. The van der Waals surface area contributed by atoms with Gasteiger partial charge in [0.2, 0.25) is 5.95 Å². The molecule has 0 aliphatic carbocycles. The summed E-state index contributed by atoms with van der Waals surface area (Å²) in [7, 11) is 0. The van der Waals surface area contributed by atoms with Crippen molar-refractivity contribution >= 4 is 45.0 Å². The van der Waals surface area contributed by atoms with E-state index in [1.165, 1.54) is 6.42 Å². The molecule has 10 heteroatoms. The van der Waals surface area contributed by atoms with Gasteiger partial charge in [0.25, 0.3) is 5.91 Å². The number of thiazole rings is 1. The Morgan fingerprint density at radius 1 is 1.05 bits per heavy atom. The first-order chi connectivity index (χ1) is 19.0. The van der Waals surface area contributed by atoms with Crippen molar-refractivity contribution in [1.29, 1.82) is 0 Å². The van der Waals surface area contributed by atoms with Crippen molar-refractivity contribution in [2.45, 2.75) is 45.2 Å². The van der Waals surface area contributed by atoms with Crippen LogP contribution in [0.1, 0.15) is 42.2 Å². The van der Waals surface area contributed by atoms with Crippen LogP contribution in [0.25, 0.3) is 20.8 Å². The molecule has 200 valence electrons. The first-order valence-electron chi connectivity index (χ1n) is 13.8. The number of fused-ring (bicyclic) bond motifs is 3. The topological polar surface area (TPSA) is 90.4 Å². The minimum atomic E-state index is 0.104. The summed E-state index contributed by atoms with van der Waals surface area (Å²) in [5.74, 6) is 2.33. The second-order valence-electron chi connectivity index (χ2n) is 10.7. The molecule has 3 fully saturated rings. The summed E-state index contributed by atoms with van der Waals surface area (Å²) in [6.45, 7) is 9.10. The van der Waals surface area contributed by atoms with Gasteiger partial charge in [-0.25, -0.2) is 15.0 Å². The Kier molecular flexibility index (Phi) is 6.16. The van der Waals surface area contributed by atoms with Gasteiger partial charge in [-0.1, -0.05) is 19.1 Å². The molecule has 4 aromatic rings. The molecule has 2 unspecified atom stereocenters. The van der Waals surface area contributed by atoms with E-state index in [9.17, 15) is 4.79 Å². The highest BCUT2D eigenvalue weighted by molar-refractivity contribution is 7.21. The van der Waals surface area contributed by atoms with Crippen molar-refractivity contribution < 1.29 is 4.79 Å². The standard InChI is InChI=1S/C29H32N8OS/c1-3-35-16-22-13-21(35)17-37(22)29-31-18(2)11-26(34-29)33-25-14-23-24(15-30-25)39-27(32-23)19-7-6-8-20(12-19)28(38)36-9-4-5-10-36/h6-8,11-12,14-15,21-22H,3-5,9-10,13,16-17H2,1-2H3,(H,30,31,33,34). The summed E-state index contributed by atoms with van der Waals surface area (Å²) < 4.78 is 1.000. The minimum absolute atomic E-state index is 0.104. The van der Waals surface area contributed by atoms with Gasteiger partial charge in [-0.15, -0.1) is 11.3 Å². The lowest BCUT2D eigenvalue weighted by molar-refractivity contribution is 0.0793. The van der Waals surface area contributed by atoms with Crippen LogP contribution in [-0.2, 0) is 0 Å². The first-order valence-corrected chi connectivity index (χ1v) is 14.7. The molecule has 3 aliphatic heterocycles. The summed E-state index contributed by atoms with van der Waals surface area (Å²) >= 11 is 1.59. The van der Waals surface area contributed by atoms with Crippen LogP contribution in [0.3, 0.4) is 0 Å². The highest BCUT2D eigenvalue weighted by atomic mass is 32.1. The van der Waals surface area contributed by atoms with Gasteiger partial charge in [0.1, 0.15) is 16.6 Å². The predicted octanol–water partition coefficient (Wildman–Crippen LogP) is 4.72. The van der Waals surface area contributed by atoms with E-state index in [1.54, 1.807) is 11.3 Å². The molecule has 3 saturated heterocycles. The number of pyridine rings is 1. The van der Waals surface area contributed by atoms with Crippen molar-refractivity contribution in [3.63, 3.8) is 0 Å². The molecule has 1 amide bonds. The minimum Gasteiger partial charge on any atom is -0.339 e. The molecule has 2 atom stereocenters. The lowest BCUT2D eigenvalue weighted by Crippen LogP contribution is -2.46. The van der Waals surface area contributed by atoms with Crippen molar-refractivity contribution in [2.75, 3.05) is 42.9 Å². The third-order valence-electron chi connectivity index (χ3n) is 8.14. The Morgan fingerprint density at radius 3 is 2.72 bits per heavy atom. The Morgan fingerprint density at radius 2 is 1.92 bits per heavy atom. The van der Waals surface area contributed by atoms with Gasteiger partial charge >= 0.3 is 0 Å². The number of likely N-dealkylation sites (tertiary alicyclic amines) is 2. The van der Waals surface area contributed by atoms with E-state index in [1.807, 2.05) is 54.4 Å². The van der Waals surface area contributed by atoms with E-state index in [0.29, 0.717) is 17.9 Å². The summed E-state index contributed by atoms with van der Waals surface area (Å²) in [6, 6.07) is 12.8. The maximum atomic E-state index is 12.9. The Labute approximate surface area is 231 Å². The SMILES string of the molecule is CCN1CC2CC1CN2c1nc(C)cc(Nc2cc3nc(-c4cccc(C(=O)N5CCCC5)c4)sc3cn2)n1. The average Bonchev–Trinajstić information content (AvgIpc) is 3.76. The predicted molar refractivity (Wildman–Crippen MR) is 155 cm³/mol. The van der Waals surface area contributed by atoms with Gasteiger partial charge in [-0.05, 0) is 44.9 Å². The number of aryl methyl sites for hydroxylation is 1. The Balaban J connectivity index is 1.11. The van der Waals surface area contributed by atoms with E-state index in [4.69, 9.17) is 15.0 Å². The van der Waals surface area contributed by atoms with Crippen molar-refractivity contribution in [3.05, 3.63) is 53.9 Å². The average molecular weight is 541 g/mol. The Bertz CT molecular complexity index is 1550. The molecule has 3 aliphatic rings. The molecule has 0 spiro atoms. The summed E-state index contributed by atoms with van der Waals surface area (Å²) in [6.07, 6.45) is 5.21. The largest absolute Gasteiger partial charge is 0.339 e. The Hall–Kier alpha value is -3.63. The summed E-state index contributed by atoms with van der Waals surface area (Å²) in [5.41, 5.74) is 3.47. The van der Waals surface area contributed by atoms with E-state index in [2.05, 4.69) is 27.0 Å². The number of benzene rings is 1. The molecule has 3 aromatic heterocycles. The maximum Gasteiger partial charge on any atom is 0.253 e. The van der Waals surface area contributed by atoms with Crippen LogP contribution < -0.4 is 10.2 Å². The third-order valence-corrected chi connectivity index (χ3v) is 9.20. The number of likely N-dealkylation sites (N-methyl/N-ethyl adjacent to an activating group) is 1. The fourth-order valence-electron chi connectivity index (χ4n) is 6.17. The molecule has 2 bridgehead atoms. The zero-order valence-electron chi connectivity index (χ0n) is 22.3. The zero-order valence-corrected chi connectivity index (χ0v) is 23.1. The van der Waals surface area contributed by atoms with Crippen molar-refractivity contribution in [1.82, 2.24) is 29.7 Å². The lowest BCUT2D eigenvalue weighted by atomic mass is 10.1. The van der Waals surface area contributed by atoms with E-state index in [0.717, 1.165) is 89.4 Å². The second-order valence-corrected chi connectivity index (χ2v) is 11.8. The molecular formula is C29H32N8OS. The van der Waals surface area contributed by atoms with Gasteiger partial charge in [-0.2, -0.15) is 4.98 Å². The molecule has 9 nitrogen and oxygen atoms in total. The van der Waals surface area contributed by atoms with Gasteiger partial charge in [0.05, 0.1) is 10.2 Å². The highest BCUT2D eigenvalue weighted by Crippen LogP contribution is 2.34. The van der Waals surface area contributed by atoms with Crippen LogP contribution in [0.2, 0.25) is 0 Å². The van der Waals surface area contributed by atoms with Gasteiger partial charge in [0.15, 0.2) is 0 Å². The number of nitrogens with one attached hydrogen (secondary N) is 1. The maximum absolute atomic E-state index is 12.9. The second kappa shape index (κ2) is 9.84. The zero-order chi connectivity index (χ0) is 26.5. The van der Waals surface area contributed by atoms with Crippen LogP contribution >= 0.6 is 11.3 Å². The number of hydrogen-bond acceptors (Lipinski definition) is 9. The van der Waals surface area contributed by atoms with Crippen LogP contribution in [0.15, 0.2) is 42.6 Å². The van der Waals surface area contributed by atoms with Crippen molar-refractivity contribution in [3.8, 4) is 10.6 Å². The lowest BCUT2D eigenvalue weighted by Gasteiger charge is -2.33. The number of piperazine rings is 1. The van der Waals surface area contributed by atoms with Crippen LogP contribution in [0.5, 0.6) is 0 Å². The molecule has 1 aromatic carbocycles. The number of nitrogens with zero attached hydrogens (tertiary/aromatic N) is 7.